The Morgan fingerprint density at radius 3 is 2.80 bits per heavy atom. The number of nitrogens with one attached hydrogen (secondary N) is 1. The van der Waals surface area contributed by atoms with Gasteiger partial charge in [0.2, 0.25) is 0 Å². The van der Waals surface area contributed by atoms with Gasteiger partial charge in [-0.05, 0) is 36.7 Å². The number of para-hydroxylation sites is 1. The molecule has 0 unspecified atom stereocenters. The van der Waals surface area contributed by atoms with Gasteiger partial charge in [-0.25, -0.2) is 0 Å². The van der Waals surface area contributed by atoms with Crippen molar-refractivity contribution in [1.29, 1.82) is 0 Å². The highest BCUT2D eigenvalue weighted by molar-refractivity contribution is 5.94. The average Bonchev–Trinajstić information content (AvgIpc) is 3.32. The fraction of sp³-hybridized carbons (Fsp3) is 0.300. The third-order valence-electron chi connectivity index (χ3n) is 4.99. The Labute approximate surface area is 147 Å². The summed E-state index contributed by atoms with van der Waals surface area (Å²) in [6.07, 6.45) is 2.91. The molecule has 1 aliphatic heterocycles. The van der Waals surface area contributed by atoms with Crippen molar-refractivity contribution in [1.82, 2.24) is 20.0 Å². The van der Waals surface area contributed by atoms with Gasteiger partial charge in [-0.3, -0.25) is 9.48 Å². The maximum Gasteiger partial charge on any atom is 0.253 e. The van der Waals surface area contributed by atoms with Crippen molar-refractivity contribution < 1.29 is 4.79 Å². The molecule has 0 bridgehead atoms. The molecular formula is C20H22N4O. The molecular weight excluding hydrogens is 312 g/mol. The van der Waals surface area contributed by atoms with E-state index in [0.29, 0.717) is 12.6 Å². The number of carbonyl (C=O) groups is 1. The molecule has 0 spiro atoms. The number of nitrogens with zero attached hydrogens (tertiary/aromatic N) is 3. The standard InChI is InChI=1S/C20H22N4O/c1-23(18-10-11-21-13-18)20(25)16-8-6-15(7-9-16)14-24-19-5-3-2-4-17(19)12-22-24/h2-9,12,18,21H,10-11,13-14H2,1H3/t18-/m1/s1. The van der Waals surface area contributed by atoms with Crippen LogP contribution in [0.25, 0.3) is 10.9 Å². The van der Waals surface area contributed by atoms with Crippen LogP contribution in [0.3, 0.4) is 0 Å². The molecule has 5 nitrogen and oxygen atoms in total. The first-order valence-electron chi connectivity index (χ1n) is 8.70. The minimum Gasteiger partial charge on any atom is -0.337 e. The van der Waals surface area contributed by atoms with Gasteiger partial charge < -0.3 is 10.2 Å². The van der Waals surface area contributed by atoms with E-state index in [4.69, 9.17) is 0 Å². The van der Waals surface area contributed by atoms with Gasteiger partial charge in [0.25, 0.3) is 5.91 Å². The number of likely N-dealkylation sites (N-methyl/N-ethyl adjacent to an activating group) is 1. The molecule has 1 fully saturated rings. The van der Waals surface area contributed by atoms with E-state index in [1.807, 2.05) is 59.2 Å². The molecule has 25 heavy (non-hydrogen) atoms. The smallest absolute Gasteiger partial charge is 0.253 e. The fourth-order valence-electron chi connectivity index (χ4n) is 3.42. The van der Waals surface area contributed by atoms with Crippen LogP contribution in [-0.4, -0.2) is 46.8 Å². The largest absolute Gasteiger partial charge is 0.337 e. The lowest BCUT2D eigenvalue weighted by atomic mass is 10.1. The van der Waals surface area contributed by atoms with E-state index < -0.39 is 0 Å². The summed E-state index contributed by atoms with van der Waals surface area (Å²) in [6, 6.07) is 16.3. The topological polar surface area (TPSA) is 50.2 Å². The Morgan fingerprint density at radius 1 is 1.24 bits per heavy atom. The molecule has 1 amide bonds. The van der Waals surface area contributed by atoms with Crippen LogP contribution >= 0.6 is 0 Å². The predicted octanol–water partition coefficient (Wildman–Crippen LogP) is 2.52. The molecule has 1 atom stereocenters. The lowest BCUT2D eigenvalue weighted by Gasteiger charge is -2.23. The molecule has 2 heterocycles. The summed E-state index contributed by atoms with van der Waals surface area (Å²) < 4.78 is 1.99. The summed E-state index contributed by atoms with van der Waals surface area (Å²) in [6.45, 7) is 2.57. The molecule has 1 aliphatic rings. The number of carbonyl (C=O) groups excluding carboxylic acids is 1. The maximum atomic E-state index is 12.6. The zero-order chi connectivity index (χ0) is 17.2. The summed E-state index contributed by atoms with van der Waals surface area (Å²) in [5.74, 6) is 0.0878. The average molecular weight is 334 g/mol. The summed E-state index contributed by atoms with van der Waals surface area (Å²) in [4.78, 5) is 14.5. The van der Waals surface area contributed by atoms with E-state index in [0.717, 1.165) is 41.5 Å². The zero-order valence-corrected chi connectivity index (χ0v) is 14.4. The quantitative estimate of drug-likeness (QED) is 0.798. The van der Waals surface area contributed by atoms with Crippen molar-refractivity contribution in [3.05, 3.63) is 65.9 Å². The number of benzene rings is 2. The maximum absolute atomic E-state index is 12.6. The molecule has 1 N–H and O–H groups in total. The Bertz CT molecular complexity index is 878. The lowest BCUT2D eigenvalue weighted by molar-refractivity contribution is 0.0744. The summed E-state index contributed by atoms with van der Waals surface area (Å²) in [5, 5.41) is 8.91. The van der Waals surface area contributed by atoms with Gasteiger partial charge in [-0.2, -0.15) is 5.10 Å². The van der Waals surface area contributed by atoms with E-state index >= 15 is 0 Å². The van der Waals surface area contributed by atoms with Gasteiger partial charge in [0.15, 0.2) is 0 Å². The number of hydrogen-bond acceptors (Lipinski definition) is 3. The molecule has 0 radical (unpaired) electrons. The van der Waals surface area contributed by atoms with Crippen molar-refractivity contribution >= 4 is 16.8 Å². The van der Waals surface area contributed by atoms with E-state index in [1.54, 1.807) is 0 Å². The Hall–Kier alpha value is -2.66. The SMILES string of the molecule is CN(C(=O)c1ccc(Cn2ncc3ccccc32)cc1)[C@@H]1CCNC1. The molecule has 2 aromatic carbocycles. The zero-order valence-electron chi connectivity index (χ0n) is 14.4. The first kappa shape index (κ1) is 15.8. The molecule has 1 aromatic heterocycles. The summed E-state index contributed by atoms with van der Waals surface area (Å²) >= 11 is 0. The first-order chi connectivity index (χ1) is 12.2. The third-order valence-corrected chi connectivity index (χ3v) is 4.99. The molecule has 4 rings (SSSR count). The first-order valence-corrected chi connectivity index (χ1v) is 8.70. The number of aromatic nitrogens is 2. The normalized spacial score (nSPS) is 17.1. The predicted molar refractivity (Wildman–Crippen MR) is 98.6 cm³/mol. The van der Waals surface area contributed by atoms with Crippen LogP contribution in [0.2, 0.25) is 0 Å². The monoisotopic (exact) mass is 334 g/mol. The van der Waals surface area contributed by atoms with Crippen LogP contribution in [0.4, 0.5) is 0 Å². The minimum absolute atomic E-state index is 0.0878. The third kappa shape index (κ3) is 3.15. The van der Waals surface area contributed by atoms with E-state index in [-0.39, 0.29) is 5.91 Å². The highest BCUT2D eigenvalue weighted by Gasteiger charge is 2.23. The molecule has 5 heteroatoms. The second-order valence-corrected chi connectivity index (χ2v) is 6.62. The summed E-state index contributed by atoms with van der Waals surface area (Å²) in [5.41, 5.74) is 3.00. The van der Waals surface area contributed by atoms with Crippen molar-refractivity contribution in [2.45, 2.75) is 19.0 Å². The van der Waals surface area contributed by atoms with E-state index in [1.165, 1.54) is 0 Å². The van der Waals surface area contributed by atoms with Gasteiger partial charge >= 0.3 is 0 Å². The number of amides is 1. The van der Waals surface area contributed by atoms with Crippen LogP contribution in [0.5, 0.6) is 0 Å². The van der Waals surface area contributed by atoms with Gasteiger partial charge in [0.05, 0.1) is 18.3 Å². The fourth-order valence-corrected chi connectivity index (χ4v) is 3.42. The molecule has 3 aromatic rings. The minimum atomic E-state index is 0.0878. The van der Waals surface area contributed by atoms with Crippen LogP contribution in [-0.2, 0) is 6.54 Å². The van der Waals surface area contributed by atoms with Crippen molar-refractivity contribution in [3.63, 3.8) is 0 Å². The molecule has 128 valence electrons. The van der Waals surface area contributed by atoms with Crippen molar-refractivity contribution in [2.75, 3.05) is 20.1 Å². The number of hydrogen-bond donors (Lipinski definition) is 1. The Morgan fingerprint density at radius 2 is 2.04 bits per heavy atom. The van der Waals surface area contributed by atoms with Gasteiger partial charge in [-0.1, -0.05) is 30.3 Å². The van der Waals surface area contributed by atoms with Crippen molar-refractivity contribution in [2.24, 2.45) is 0 Å². The Kier molecular flexibility index (Phi) is 4.24. The molecule has 0 aliphatic carbocycles. The van der Waals surface area contributed by atoms with Crippen LogP contribution < -0.4 is 5.32 Å². The van der Waals surface area contributed by atoms with Gasteiger partial charge in [0, 0.05) is 30.6 Å². The second kappa shape index (κ2) is 6.69. The number of rotatable bonds is 4. The molecule has 1 saturated heterocycles. The summed E-state index contributed by atoms with van der Waals surface area (Å²) in [7, 11) is 1.89. The Balaban J connectivity index is 1.49. The van der Waals surface area contributed by atoms with Crippen molar-refractivity contribution in [3.8, 4) is 0 Å². The number of fused-ring (bicyclic) bond motifs is 1. The second-order valence-electron chi connectivity index (χ2n) is 6.62. The van der Waals surface area contributed by atoms with Gasteiger partial charge in [0.1, 0.15) is 0 Å². The van der Waals surface area contributed by atoms with Crippen LogP contribution in [0.1, 0.15) is 22.3 Å². The lowest BCUT2D eigenvalue weighted by Crippen LogP contribution is -2.38. The highest BCUT2D eigenvalue weighted by atomic mass is 16.2. The van der Waals surface area contributed by atoms with Gasteiger partial charge in [-0.15, -0.1) is 0 Å². The highest BCUT2D eigenvalue weighted by Crippen LogP contribution is 2.16. The van der Waals surface area contributed by atoms with E-state index in [9.17, 15) is 4.79 Å². The van der Waals surface area contributed by atoms with Crippen LogP contribution in [0, 0.1) is 0 Å². The molecule has 0 saturated carbocycles. The van der Waals surface area contributed by atoms with E-state index in [2.05, 4.69) is 22.5 Å². The van der Waals surface area contributed by atoms with Crippen LogP contribution in [0.15, 0.2) is 54.7 Å².